The van der Waals surface area contributed by atoms with Crippen LogP contribution in [-0.4, -0.2) is 5.78 Å². The Balaban J connectivity index is 1.94. The molecule has 0 bridgehead atoms. The topological polar surface area (TPSA) is 17.1 Å². The smallest absolute Gasteiger partial charge is 0.132 e. The monoisotopic (exact) mass is 354 g/mol. The summed E-state index contributed by atoms with van der Waals surface area (Å²) in [6, 6.07) is 0. The fraction of sp³-hybridized carbons (Fsp3) is 0.720. The highest BCUT2D eigenvalue weighted by Gasteiger charge is 2.55. The standard InChI is InChI=1S/C25H38O/c1-6-9-18-10-12-21-22-13-11-19(17-20(26)8-3)25(22,5)16-14-23(21)24(18,4)15-7-2/h6,9,14,19,21-22H,1,7-8,10-13,15-17H2,2-5H3/b18-9-. The Morgan fingerprint density at radius 2 is 2.04 bits per heavy atom. The van der Waals surface area contributed by atoms with E-state index >= 15 is 0 Å². The summed E-state index contributed by atoms with van der Waals surface area (Å²) < 4.78 is 0. The van der Waals surface area contributed by atoms with Gasteiger partial charge >= 0.3 is 0 Å². The Labute approximate surface area is 161 Å². The van der Waals surface area contributed by atoms with Crippen molar-refractivity contribution in [3.8, 4) is 0 Å². The number of rotatable bonds is 6. The molecule has 0 aromatic rings. The molecule has 0 N–H and O–H groups in total. The van der Waals surface area contributed by atoms with Crippen molar-refractivity contribution in [2.24, 2.45) is 28.6 Å². The minimum Gasteiger partial charge on any atom is -0.300 e. The predicted molar refractivity (Wildman–Crippen MR) is 111 cm³/mol. The van der Waals surface area contributed by atoms with Gasteiger partial charge in [0.25, 0.3) is 0 Å². The minimum absolute atomic E-state index is 0.227. The van der Waals surface area contributed by atoms with Gasteiger partial charge < -0.3 is 0 Å². The normalized spacial score (nSPS) is 40.7. The second kappa shape index (κ2) is 7.49. The predicted octanol–water partition coefficient (Wildman–Crippen LogP) is 7.05. The molecule has 3 aliphatic carbocycles. The molecule has 3 aliphatic rings. The fourth-order valence-electron chi connectivity index (χ4n) is 6.75. The van der Waals surface area contributed by atoms with Crippen LogP contribution in [0.2, 0.25) is 0 Å². The molecule has 0 heterocycles. The third-order valence-corrected chi connectivity index (χ3v) is 8.26. The van der Waals surface area contributed by atoms with E-state index in [1.54, 1.807) is 11.1 Å². The van der Waals surface area contributed by atoms with E-state index in [9.17, 15) is 4.79 Å². The average molecular weight is 355 g/mol. The molecule has 1 heteroatoms. The molecule has 5 atom stereocenters. The van der Waals surface area contributed by atoms with Crippen molar-refractivity contribution in [1.29, 1.82) is 0 Å². The van der Waals surface area contributed by atoms with Crippen LogP contribution in [0.5, 0.6) is 0 Å². The SMILES string of the molecule is C=C/C=C1/CCC2C(=CCC3(C)C(CC(=O)CC)CCC23)C1(C)CCC. The molecule has 0 aromatic heterocycles. The number of allylic oxidation sites excluding steroid dienone is 5. The highest BCUT2D eigenvalue weighted by molar-refractivity contribution is 5.78. The maximum Gasteiger partial charge on any atom is 0.132 e. The van der Waals surface area contributed by atoms with Crippen molar-refractivity contribution in [2.45, 2.75) is 85.5 Å². The summed E-state index contributed by atoms with van der Waals surface area (Å²) >= 11 is 0. The first kappa shape index (κ1) is 19.6. The van der Waals surface area contributed by atoms with E-state index in [1.807, 2.05) is 13.0 Å². The quantitative estimate of drug-likeness (QED) is 0.467. The van der Waals surface area contributed by atoms with Crippen LogP contribution in [0.4, 0.5) is 0 Å². The van der Waals surface area contributed by atoms with Crippen LogP contribution in [0.15, 0.2) is 36.0 Å². The van der Waals surface area contributed by atoms with Crippen molar-refractivity contribution in [2.75, 3.05) is 0 Å². The van der Waals surface area contributed by atoms with Gasteiger partial charge in [-0.2, -0.15) is 0 Å². The van der Waals surface area contributed by atoms with Gasteiger partial charge in [-0.05, 0) is 61.7 Å². The molecule has 2 fully saturated rings. The Kier molecular flexibility index (Phi) is 5.66. The van der Waals surface area contributed by atoms with Gasteiger partial charge in [-0.1, -0.05) is 70.1 Å². The van der Waals surface area contributed by atoms with Crippen molar-refractivity contribution in [3.63, 3.8) is 0 Å². The van der Waals surface area contributed by atoms with Crippen LogP contribution in [0.1, 0.15) is 85.5 Å². The lowest BCUT2D eigenvalue weighted by Crippen LogP contribution is -2.43. The molecule has 2 saturated carbocycles. The summed E-state index contributed by atoms with van der Waals surface area (Å²) in [5.41, 5.74) is 3.89. The fourth-order valence-corrected chi connectivity index (χ4v) is 6.75. The first-order valence-corrected chi connectivity index (χ1v) is 10.9. The molecule has 0 aromatic carbocycles. The molecule has 0 aliphatic heterocycles. The molecular weight excluding hydrogens is 316 g/mol. The largest absolute Gasteiger partial charge is 0.300 e. The van der Waals surface area contributed by atoms with Gasteiger partial charge in [0.1, 0.15) is 5.78 Å². The zero-order valence-corrected chi connectivity index (χ0v) is 17.4. The summed E-state index contributed by atoms with van der Waals surface area (Å²) in [5, 5.41) is 0. The zero-order chi connectivity index (χ0) is 18.9. The van der Waals surface area contributed by atoms with Gasteiger partial charge in [-0.3, -0.25) is 4.79 Å². The Morgan fingerprint density at radius 3 is 2.69 bits per heavy atom. The van der Waals surface area contributed by atoms with Crippen LogP contribution in [0.25, 0.3) is 0 Å². The summed E-state index contributed by atoms with van der Waals surface area (Å²) in [5.74, 6) is 2.57. The average Bonchev–Trinajstić information content (AvgIpc) is 2.94. The third kappa shape index (κ3) is 3.06. The van der Waals surface area contributed by atoms with Crippen LogP contribution in [0, 0.1) is 28.6 Å². The molecule has 0 saturated heterocycles. The zero-order valence-electron chi connectivity index (χ0n) is 17.4. The highest BCUT2D eigenvalue weighted by Crippen LogP contribution is 2.64. The molecule has 1 nitrogen and oxygen atoms in total. The van der Waals surface area contributed by atoms with Gasteiger partial charge in [0.15, 0.2) is 0 Å². The van der Waals surface area contributed by atoms with E-state index in [0.29, 0.717) is 23.5 Å². The van der Waals surface area contributed by atoms with Crippen LogP contribution >= 0.6 is 0 Å². The second-order valence-electron chi connectivity index (χ2n) is 9.50. The third-order valence-electron chi connectivity index (χ3n) is 8.26. The van der Waals surface area contributed by atoms with Crippen molar-refractivity contribution >= 4 is 5.78 Å². The van der Waals surface area contributed by atoms with E-state index in [0.717, 1.165) is 18.3 Å². The van der Waals surface area contributed by atoms with Crippen LogP contribution in [-0.2, 0) is 4.79 Å². The summed E-state index contributed by atoms with van der Waals surface area (Å²) in [7, 11) is 0. The Hall–Kier alpha value is -1.11. The molecule has 144 valence electrons. The molecule has 5 unspecified atom stereocenters. The van der Waals surface area contributed by atoms with Gasteiger partial charge in [0.2, 0.25) is 0 Å². The lowest BCUT2D eigenvalue weighted by molar-refractivity contribution is -0.120. The Bertz CT molecular complexity index is 624. The molecule has 0 spiro atoms. The summed E-state index contributed by atoms with van der Waals surface area (Å²) in [4.78, 5) is 12.1. The number of hydrogen-bond donors (Lipinski definition) is 0. The second-order valence-corrected chi connectivity index (χ2v) is 9.50. The maximum atomic E-state index is 12.1. The van der Waals surface area contributed by atoms with Crippen LogP contribution in [0.3, 0.4) is 0 Å². The number of Topliss-reactive ketones (excluding diaryl/α,β-unsaturated/α-hetero) is 1. The Morgan fingerprint density at radius 1 is 1.27 bits per heavy atom. The van der Waals surface area contributed by atoms with E-state index in [2.05, 4.69) is 39.5 Å². The van der Waals surface area contributed by atoms with Gasteiger partial charge in [-0.25, -0.2) is 0 Å². The number of fused-ring (bicyclic) bond motifs is 3. The van der Waals surface area contributed by atoms with E-state index in [1.165, 1.54) is 44.9 Å². The number of hydrogen-bond acceptors (Lipinski definition) is 1. The molecule has 3 rings (SSSR count). The highest BCUT2D eigenvalue weighted by atomic mass is 16.1. The first-order chi connectivity index (χ1) is 12.4. The van der Waals surface area contributed by atoms with Crippen LogP contribution < -0.4 is 0 Å². The van der Waals surface area contributed by atoms with E-state index in [-0.39, 0.29) is 5.41 Å². The first-order valence-electron chi connectivity index (χ1n) is 10.9. The summed E-state index contributed by atoms with van der Waals surface area (Å²) in [6.07, 6.45) is 17.1. The van der Waals surface area contributed by atoms with Crippen molar-refractivity contribution in [1.82, 2.24) is 0 Å². The number of carbonyl (C=O) groups is 1. The van der Waals surface area contributed by atoms with Crippen molar-refractivity contribution in [3.05, 3.63) is 36.0 Å². The van der Waals surface area contributed by atoms with Crippen molar-refractivity contribution < 1.29 is 4.79 Å². The summed E-state index contributed by atoms with van der Waals surface area (Å²) in [6.45, 7) is 13.3. The lowest BCUT2D eigenvalue weighted by Gasteiger charge is -2.53. The molecular formula is C25H38O. The number of ketones is 1. The lowest BCUT2D eigenvalue weighted by atomic mass is 9.52. The van der Waals surface area contributed by atoms with Gasteiger partial charge in [-0.15, -0.1) is 0 Å². The molecule has 26 heavy (non-hydrogen) atoms. The number of carbonyl (C=O) groups excluding carboxylic acids is 1. The molecule has 0 amide bonds. The van der Waals surface area contributed by atoms with Gasteiger partial charge in [0.05, 0.1) is 0 Å². The minimum atomic E-state index is 0.227. The van der Waals surface area contributed by atoms with Gasteiger partial charge in [0, 0.05) is 18.3 Å². The molecule has 0 radical (unpaired) electrons. The van der Waals surface area contributed by atoms with E-state index < -0.39 is 0 Å². The van der Waals surface area contributed by atoms with E-state index in [4.69, 9.17) is 0 Å². The maximum absolute atomic E-state index is 12.1.